The van der Waals surface area contributed by atoms with Crippen molar-refractivity contribution in [2.24, 2.45) is 11.8 Å². The van der Waals surface area contributed by atoms with Crippen LogP contribution in [0.1, 0.15) is 246 Å². The Balaban J connectivity index is 4.13. The van der Waals surface area contributed by atoms with Crippen molar-refractivity contribution in [3.8, 4) is 0 Å². The SMILES string of the molecule is CCCCCC(CCCCC)CCCOC(=O)CCCCCCCP(CCCCCCCC(=O)OCCCC(CCCCC)CCCCC)CCCCN(C)C. The molecule has 0 heterocycles. The predicted octanol–water partition coefficient (Wildman–Crippen LogP) is 15.7. The number of esters is 2. The summed E-state index contributed by atoms with van der Waals surface area (Å²) in [5.41, 5.74) is 0. The summed E-state index contributed by atoms with van der Waals surface area (Å²) in [6.07, 6.45) is 46.1. The van der Waals surface area contributed by atoms with Crippen LogP contribution in [0.4, 0.5) is 0 Å². The molecule has 0 atom stereocenters. The predicted molar refractivity (Wildman–Crippen MR) is 249 cm³/mol. The summed E-state index contributed by atoms with van der Waals surface area (Å²) < 4.78 is 11.3. The molecule has 6 heteroatoms. The monoisotopic (exact) mass is 810 g/mol. The van der Waals surface area contributed by atoms with Crippen LogP contribution in [0.3, 0.4) is 0 Å². The molecule has 0 saturated heterocycles. The van der Waals surface area contributed by atoms with Gasteiger partial charge in [-0.2, -0.15) is 0 Å². The molecule has 0 rings (SSSR count). The third-order valence-electron chi connectivity index (χ3n) is 11.9. The lowest BCUT2D eigenvalue weighted by molar-refractivity contribution is -0.144. The van der Waals surface area contributed by atoms with Gasteiger partial charge in [0.2, 0.25) is 0 Å². The van der Waals surface area contributed by atoms with E-state index >= 15 is 0 Å². The van der Waals surface area contributed by atoms with Gasteiger partial charge in [-0.3, -0.25) is 9.59 Å². The molecule has 0 spiro atoms. The molecular formula is C50H100NO4P. The highest BCUT2D eigenvalue weighted by atomic mass is 31.1. The highest BCUT2D eigenvalue weighted by Gasteiger charge is 2.12. The lowest BCUT2D eigenvalue weighted by Gasteiger charge is -2.18. The van der Waals surface area contributed by atoms with E-state index < -0.39 is 0 Å². The van der Waals surface area contributed by atoms with Crippen LogP contribution >= 0.6 is 7.92 Å². The number of rotatable bonds is 45. The van der Waals surface area contributed by atoms with Crippen molar-refractivity contribution in [1.82, 2.24) is 4.90 Å². The lowest BCUT2D eigenvalue weighted by atomic mass is 9.91. The zero-order valence-corrected chi connectivity index (χ0v) is 39.9. The quantitative estimate of drug-likeness (QED) is 0.0348. The van der Waals surface area contributed by atoms with Gasteiger partial charge >= 0.3 is 11.9 Å². The van der Waals surface area contributed by atoms with E-state index in [1.54, 1.807) is 0 Å². The van der Waals surface area contributed by atoms with Crippen LogP contribution in [0.2, 0.25) is 0 Å². The topological polar surface area (TPSA) is 55.8 Å². The standard InChI is InChI=1S/C50H100NO4P/c1-7-11-21-33-47(34-22-12-8-2)37-31-42-54-49(52)39-25-17-15-19-28-44-56(46-30-27-41-51(5)6)45-29-20-16-18-26-40-50(53)55-43-32-38-48(35-23-13-9-3)36-24-14-10-4/h47-48H,7-46H2,1-6H3. The van der Waals surface area contributed by atoms with Crippen molar-refractivity contribution in [3.63, 3.8) is 0 Å². The molecule has 56 heavy (non-hydrogen) atoms. The van der Waals surface area contributed by atoms with Crippen LogP contribution in [0.15, 0.2) is 0 Å². The molecule has 0 aliphatic heterocycles. The molecule has 334 valence electrons. The van der Waals surface area contributed by atoms with Crippen molar-refractivity contribution >= 4 is 19.9 Å². The number of nitrogens with zero attached hydrogens (tertiary/aromatic N) is 1. The molecule has 0 aromatic heterocycles. The van der Waals surface area contributed by atoms with Crippen molar-refractivity contribution < 1.29 is 19.1 Å². The van der Waals surface area contributed by atoms with Gasteiger partial charge in [-0.1, -0.05) is 169 Å². The van der Waals surface area contributed by atoms with Gasteiger partial charge in [-0.05, 0) is 115 Å². The van der Waals surface area contributed by atoms with E-state index in [9.17, 15) is 9.59 Å². The summed E-state index contributed by atoms with van der Waals surface area (Å²) in [5.74, 6) is 1.67. The average molecular weight is 810 g/mol. The van der Waals surface area contributed by atoms with E-state index in [2.05, 4.69) is 46.7 Å². The Bertz CT molecular complexity index is 745. The zero-order chi connectivity index (χ0) is 41.2. The molecule has 0 amide bonds. The molecule has 0 fully saturated rings. The molecule has 0 aromatic carbocycles. The van der Waals surface area contributed by atoms with E-state index in [1.807, 2.05) is 0 Å². The second-order valence-electron chi connectivity index (χ2n) is 17.8. The van der Waals surface area contributed by atoms with Gasteiger partial charge < -0.3 is 14.4 Å². The minimum absolute atomic E-state index is 0.0181. The van der Waals surface area contributed by atoms with Gasteiger partial charge in [0.15, 0.2) is 0 Å². The van der Waals surface area contributed by atoms with Gasteiger partial charge in [-0.15, -0.1) is 7.92 Å². The molecule has 5 nitrogen and oxygen atoms in total. The van der Waals surface area contributed by atoms with Crippen LogP contribution in [-0.2, 0) is 19.1 Å². The molecule has 0 radical (unpaired) electrons. The maximum atomic E-state index is 12.4. The van der Waals surface area contributed by atoms with Crippen molar-refractivity contribution in [2.45, 2.75) is 246 Å². The van der Waals surface area contributed by atoms with Gasteiger partial charge in [0, 0.05) is 12.8 Å². The summed E-state index contributed by atoms with van der Waals surface area (Å²) in [6.45, 7) is 11.6. The summed E-state index contributed by atoms with van der Waals surface area (Å²) in [7, 11) is 4.49. The van der Waals surface area contributed by atoms with Crippen LogP contribution in [0.25, 0.3) is 0 Å². The smallest absolute Gasteiger partial charge is 0.305 e. The zero-order valence-electron chi connectivity index (χ0n) is 39.0. The molecular weight excluding hydrogens is 710 g/mol. The molecule has 0 N–H and O–H groups in total. The first-order chi connectivity index (χ1) is 27.4. The molecule has 0 bridgehead atoms. The highest BCUT2D eigenvalue weighted by Crippen LogP contribution is 2.39. The molecule has 0 aliphatic carbocycles. The summed E-state index contributed by atoms with van der Waals surface area (Å²) >= 11 is 0. The van der Waals surface area contributed by atoms with Crippen molar-refractivity contribution in [2.75, 3.05) is 52.3 Å². The lowest BCUT2D eigenvalue weighted by Crippen LogP contribution is -2.13. The third kappa shape index (κ3) is 40.1. The fraction of sp³-hybridized carbons (Fsp3) is 0.960. The number of hydrogen-bond acceptors (Lipinski definition) is 5. The average Bonchev–Trinajstić information content (AvgIpc) is 3.18. The molecule has 0 saturated carbocycles. The summed E-state index contributed by atoms with van der Waals surface area (Å²) in [5, 5.41) is 0. The van der Waals surface area contributed by atoms with Crippen molar-refractivity contribution in [1.29, 1.82) is 0 Å². The molecule has 0 unspecified atom stereocenters. The van der Waals surface area contributed by atoms with Crippen LogP contribution in [0.5, 0.6) is 0 Å². The van der Waals surface area contributed by atoms with Gasteiger partial charge in [0.05, 0.1) is 13.2 Å². The fourth-order valence-electron chi connectivity index (χ4n) is 8.23. The second kappa shape index (κ2) is 43.9. The minimum Gasteiger partial charge on any atom is -0.466 e. The Hall–Kier alpha value is -0.670. The van der Waals surface area contributed by atoms with Gasteiger partial charge in [0.1, 0.15) is 0 Å². The van der Waals surface area contributed by atoms with E-state index in [-0.39, 0.29) is 19.9 Å². The van der Waals surface area contributed by atoms with Gasteiger partial charge in [0.25, 0.3) is 0 Å². The molecule has 0 aliphatic rings. The Kier molecular flexibility index (Phi) is 43.4. The maximum Gasteiger partial charge on any atom is 0.305 e. The van der Waals surface area contributed by atoms with E-state index in [0.717, 1.165) is 50.4 Å². The van der Waals surface area contributed by atoms with Crippen LogP contribution < -0.4 is 0 Å². The first-order valence-corrected chi connectivity index (χ1v) is 26.9. The maximum absolute atomic E-state index is 12.4. The largest absolute Gasteiger partial charge is 0.466 e. The number of ether oxygens (including phenoxy) is 2. The van der Waals surface area contributed by atoms with Crippen LogP contribution in [-0.4, -0.2) is 69.2 Å². The third-order valence-corrected chi connectivity index (χ3v) is 14.8. The van der Waals surface area contributed by atoms with Gasteiger partial charge in [-0.25, -0.2) is 0 Å². The molecule has 0 aromatic rings. The number of carbonyl (C=O) groups excluding carboxylic acids is 2. The second-order valence-corrected chi connectivity index (χ2v) is 20.5. The number of unbranched alkanes of at least 4 members (excludes halogenated alkanes) is 17. The van der Waals surface area contributed by atoms with E-state index in [0.29, 0.717) is 26.1 Å². The Morgan fingerprint density at radius 2 is 0.732 bits per heavy atom. The number of carbonyl (C=O) groups is 2. The minimum atomic E-state index is 0.0181. The fourth-order valence-corrected chi connectivity index (χ4v) is 10.9. The number of hydrogen-bond donors (Lipinski definition) is 0. The Labute approximate surface area is 352 Å². The summed E-state index contributed by atoms with van der Waals surface area (Å²) in [6, 6.07) is 0. The van der Waals surface area contributed by atoms with E-state index in [1.165, 1.54) is 192 Å². The summed E-state index contributed by atoms with van der Waals surface area (Å²) in [4.78, 5) is 27.0. The highest BCUT2D eigenvalue weighted by molar-refractivity contribution is 7.57. The van der Waals surface area contributed by atoms with Crippen LogP contribution in [0, 0.1) is 11.8 Å². The normalized spacial score (nSPS) is 11.8. The first kappa shape index (κ1) is 55.3. The Morgan fingerprint density at radius 1 is 0.411 bits per heavy atom. The van der Waals surface area contributed by atoms with E-state index in [4.69, 9.17) is 9.47 Å². The van der Waals surface area contributed by atoms with Crippen molar-refractivity contribution in [3.05, 3.63) is 0 Å². The Morgan fingerprint density at radius 3 is 1.09 bits per heavy atom. The first-order valence-electron chi connectivity index (χ1n) is 25.0.